The van der Waals surface area contributed by atoms with E-state index < -0.39 is 23.8 Å². The van der Waals surface area contributed by atoms with E-state index in [-0.39, 0.29) is 29.6 Å². The van der Waals surface area contributed by atoms with Crippen LogP contribution < -0.4 is 5.32 Å². The fourth-order valence-electron chi connectivity index (χ4n) is 9.59. The Hall–Kier alpha value is -5.55. The zero-order chi connectivity index (χ0) is 38.9. The monoisotopic (exact) mass is 764 g/mol. The summed E-state index contributed by atoms with van der Waals surface area (Å²) in [6.45, 7) is 14.5. The SMILES string of the molecule is [C-]#[N+]c1ccc(-c2nn(Cc3ccc(C#CC45CCC(CN6Cc7cc8c(cc7C6)C(=O)N(C6CCC(=O)NC6=O)C8=O)(CC4)CC5)cc3)c(C)c2C)cc1Cl. The van der Waals surface area contributed by atoms with Gasteiger partial charge in [-0.25, -0.2) is 4.85 Å². The molecule has 6 aliphatic rings. The van der Waals surface area contributed by atoms with E-state index >= 15 is 0 Å². The van der Waals surface area contributed by atoms with Gasteiger partial charge in [0.25, 0.3) is 11.8 Å². The van der Waals surface area contributed by atoms with Crippen LogP contribution in [0.2, 0.25) is 5.02 Å². The molecule has 1 aromatic heterocycles. The molecule has 0 spiro atoms. The van der Waals surface area contributed by atoms with Gasteiger partial charge < -0.3 is 0 Å². The normalized spacial score (nSPS) is 24.1. The number of hydrogen-bond acceptors (Lipinski definition) is 6. The molecule has 1 saturated heterocycles. The van der Waals surface area contributed by atoms with E-state index in [1.54, 1.807) is 6.07 Å². The second-order valence-corrected chi connectivity index (χ2v) is 16.9. The summed E-state index contributed by atoms with van der Waals surface area (Å²) >= 11 is 6.32. The number of piperidine rings is 1. The van der Waals surface area contributed by atoms with Crippen molar-refractivity contribution in [3.05, 3.63) is 116 Å². The minimum absolute atomic E-state index is 0.0558. The third-order valence-corrected chi connectivity index (χ3v) is 13.4. The molecule has 3 aliphatic carbocycles. The Labute approximate surface area is 331 Å². The maximum atomic E-state index is 13.4. The van der Waals surface area contributed by atoms with Gasteiger partial charge in [0.15, 0.2) is 0 Å². The van der Waals surface area contributed by atoms with Crippen molar-refractivity contribution in [2.24, 2.45) is 10.8 Å². The highest BCUT2D eigenvalue weighted by Crippen LogP contribution is 2.57. The molecule has 0 radical (unpaired) electrons. The molecular formula is C45H41ClN6O4. The molecule has 10 nitrogen and oxygen atoms in total. The Morgan fingerprint density at radius 2 is 1.57 bits per heavy atom. The van der Waals surface area contributed by atoms with E-state index in [0.29, 0.717) is 28.4 Å². The average Bonchev–Trinajstić information content (AvgIpc) is 3.80. The number of nitrogens with zero attached hydrogens (tertiary/aromatic N) is 5. The maximum absolute atomic E-state index is 13.4. The molecule has 3 aromatic carbocycles. The molecule has 4 amide bonds. The summed E-state index contributed by atoms with van der Waals surface area (Å²) in [4.78, 5) is 57.9. The highest BCUT2D eigenvalue weighted by Gasteiger charge is 2.49. The molecule has 3 saturated carbocycles. The fourth-order valence-corrected chi connectivity index (χ4v) is 9.82. The number of halogens is 1. The molecule has 1 atom stereocenters. The van der Waals surface area contributed by atoms with Crippen LogP contribution >= 0.6 is 11.6 Å². The number of aromatic nitrogens is 2. The lowest BCUT2D eigenvalue weighted by atomic mass is 9.54. The quantitative estimate of drug-likeness (QED) is 0.124. The van der Waals surface area contributed by atoms with Crippen LogP contribution in [0, 0.1) is 43.1 Å². The fraction of sp³-hybridized carbons (Fsp3) is 0.378. The van der Waals surface area contributed by atoms with E-state index in [9.17, 15) is 19.2 Å². The van der Waals surface area contributed by atoms with Gasteiger partial charge in [-0.2, -0.15) is 5.10 Å². The number of rotatable bonds is 6. The summed E-state index contributed by atoms with van der Waals surface area (Å²) in [7, 11) is 0. The van der Waals surface area contributed by atoms with Gasteiger partial charge in [0, 0.05) is 53.3 Å². The molecule has 4 heterocycles. The summed E-state index contributed by atoms with van der Waals surface area (Å²) < 4.78 is 2.02. The van der Waals surface area contributed by atoms with Gasteiger partial charge >= 0.3 is 0 Å². The zero-order valence-corrected chi connectivity index (χ0v) is 32.3. The number of benzene rings is 3. The molecule has 282 valence electrons. The minimum atomic E-state index is -0.952. The Morgan fingerprint density at radius 3 is 2.18 bits per heavy atom. The molecule has 2 bridgehead atoms. The lowest BCUT2D eigenvalue weighted by Gasteiger charge is -2.52. The number of carbonyl (C=O) groups is 4. The van der Waals surface area contributed by atoms with Gasteiger partial charge in [-0.15, -0.1) is 0 Å². The van der Waals surface area contributed by atoms with Crippen LogP contribution in [0.3, 0.4) is 0 Å². The first-order valence-electron chi connectivity index (χ1n) is 19.4. The van der Waals surface area contributed by atoms with Gasteiger partial charge in [0.1, 0.15) is 6.04 Å². The van der Waals surface area contributed by atoms with Gasteiger partial charge in [-0.05, 0) is 117 Å². The lowest BCUT2D eigenvalue weighted by Crippen LogP contribution is -2.54. The second kappa shape index (κ2) is 13.6. The van der Waals surface area contributed by atoms with Crippen LogP contribution in [0.25, 0.3) is 16.1 Å². The van der Waals surface area contributed by atoms with Crippen LogP contribution in [-0.2, 0) is 29.2 Å². The van der Waals surface area contributed by atoms with Crippen molar-refractivity contribution >= 4 is 40.9 Å². The first-order chi connectivity index (χ1) is 26.9. The minimum Gasteiger partial charge on any atom is -0.295 e. The Kier molecular flexibility index (Phi) is 8.76. The maximum Gasteiger partial charge on any atom is 0.262 e. The zero-order valence-electron chi connectivity index (χ0n) is 31.5. The predicted molar refractivity (Wildman–Crippen MR) is 211 cm³/mol. The predicted octanol–water partition coefficient (Wildman–Crippen LogP) is 7.53. The van der Waals surface area contributed by atoms with E-state index in [2.05, 4.69) is 65.0 Å². The van der Waals surface area contributed by atoms with Crippen LogP contribution in [0.1, 0.15) is 106 Å². The van der Waals surface area contributed by atoms with Crippen molar-refractivity contribution in [1.29, 1.82) is 0 Å². The van der Waals surface area contributed by atoms with E-state index in [0.717, 1.165) is 108 Å². The molecule has 56 heavy (non-hydrogen) atoms. The summed E-state index contributed by atoms with van der Waals surface area (Å²) in [5, 5.41) is 7.60. The largest absolute Gasteiger partial charge is 0.295 e. The summed E-state index contributed by atoms with van der Waals surface area (Å²) in [6.07, 6.45) is 6.97. The first kappa shape index (κ1) is 36.1. The molecule has 4 aromatic rings. The number of nitrogens with one attached hydrogen (secondary N) is 1. The average molecular weight is 765 g/mol. The van der Waals surface area contributed by atoms with Gasteiger partial charge in [-0.3, -0.25) is 39.0 Å². The van der Waals surface area contributed by atoms with Crippen molar-refractivity contribution in [3.63, 3.8) is 0 Å². The van der Waals surface area contributed by atoms with Crippen molar-refractivity contribution in [1.82, 2.24) is 24.9 Å². The van der Waals surface area contributed by atoms with Crippen molar-refractivity contribution in [2.75, 3.05) is 6.54 Å². The number of carbonyl (C=O) groups excluding carboxylic acids is 4. The lowest BCUT2D eigenvalue weighted by molar-refractivity contribution is -0.136. The third kappa shape index (κ3) is 6.22. The molecule has 10 rings (SSSR count). The standard InChI is InChI=1S/C45H41ClN6O4/c1-27-28(2)51(49-40(27)31-8-9-37(47-3)36(46)22-31)23-30-6-4-29(5-7-30)12-13-44-14-17-45(18-15-44,19-16-44)26-50-24-32-20-34-35(21-33(32)25-50)43(56)52(42(34)55)38-10-11-39(53)48-41(38)54/h4-9,20-22,38H,10-11,14-19,23-26H2,1-2H3,(H,48,53,54). The van der Waals surface area contributed by atoms with E-state index in [1.165, 1.54) is 0 Å². The van der Waals surface area contributed by atoms with Crippen LogP contribution in [0.15, 0.2) is 54.6 Å². The number of amides is 4. The molecular weight excluding hydrogens is 724 g/mol. The summed E-state index contributed by atoms with van der Waals surface area (Å²) in [5.41, 5.74) is 9.72. The molecule has 3 aliphatic heterocycles. The molecule has 4 fully saturated rings. The van der Waals surface area contributed by atoms with E-state index in [1.807, 2.05) is 28.9 Å². The number of hydrogen-bond donors (Lipinski definition) is 1. The Bertz CT molecular complexity index is 2410. The Morgan fingerprint density at radius 1 is 0.911 bits per heavy atom. The van der Waals surface area contributed by atoms with Crippen LogP contribution in [0.5, 0.6) is 0 Å². The van der Waals surface area contributed by atoms with Gasteiger partial charge in [0.05, 0.1) is 29.9 Å². The highest BCUT2D eigenvalue weighted by atomic mass is 35.5. The van der Waals surface area contributed by atoms with Gasteiger partial charge in [-0.1, -0.05) is 47.7 Å². The smallest absolute Gasteiger partial charge is 0.262 e. The first-order valence-corrected chi connectivity index (χ1v) is 19.7. The van der Waals surface area contributed by atoms with Crippen molar-refractivity contribution in [3.8, 4) is 23.1 Å². The molecule has 1 N–H and O–H groups in total. The third-order valence-electron chi connectivity index (χ3n) is 13.1. The van der Waals surface area contributed by atoms with Crippen molar-refractivity contribution in [2.45, 2.75) is 90.9 Å². The summed E-state index contributed by atoms with van der Waals surface area (Å²) in [6, 6.07) is 16.7. The summed E-state index contributed by atoms with van der Waals surface area (Å²) in [5.74, 6) is 5.39. The number of fused-ring (bicyclic) bond motifs is 5. The Balaban J connectivity index is 0.809. The molecule has 1 unspecified atom stereocenters. The van der Waals surface area contributed by atoms with Crippen LogP contribution in [0.4, 0.5) is 5.69 Å². The molecule has 11 heteroatoms. The number of imide groups is 2. The highest BCUT2D eigenvalue weighted by molar-refractivity contribution is 6.33. The van der Waals surface area contributed by atoms with Gasteiger partial charge in [0.2, 0.25) is 17.5 Å². The van der Waals surface area contributed by atoms with Crippen LogP contribution in [-0.4, -0.2) is 55.8 Å². The second-order valence-electron chi connectivity index (χ2n) is 16.5. The topological polar surface area (TPSA) is 109 Å². The van der Waals surface area contributed by atoms with Crippen molar-refractivity contribution < 1.29 is 19.2 Å². The van der Waals surface area contributed by atoms with E-state index in [4.69, 9.17) is 23.3 Å².